The molecule has 0 fully saturated rings. The molecule has 0 spiro atoms. The molecule has 0 unspecified atom stereocenters. The molecule has 44 valence electrons. The second-order valence-electron chi connectivity index (χ2n) is 0.825. The van der Waals surface area contributed by atoms with E-state index in [1.807, 2.05) is 0 Å². The van der Waals surface area contributed by atoms with E-state index in [1.54, 1.807) is 0 Å². The van der Waals surface area contributed by atoms with Gasteiger partial charge < -0.3 is 16.6 Å². The Morgan fingerprint density at radius 2 is 2.00 bits per heavy atom. The molecule has 1 amide bonds. The largest absolute Gasteiger partial charge is 1.00 e. The Kier molecular flexibility index (Phi) is 14.7. The summed E-state index contributed by atoms with van der Waals surface area (Å²) in [5, 5.41) is 15.7. The fourth-order valence-electron chi connectivity index (χ4n) is 0.0551. The molecular weight excluding hydrogens is 149 g/mol. The second-order valence-corrected chi connectivity index (χ2v) is 0.825. The van der Waals surface area contributed by atoms with Crippen molar-refractivity contribution in [2.75, 3.05) is 0 Å². The average molecular weight is 152 g/mol. The summed E-state index contributed by atoms with van der Waals surface area (Å²) < 4.78 is 0. The van der Waals surface area contributed by atoms with Crippen LogP contribution in [0.15, 0.2) is 0 Å². The number of nitrogens with zero attached hydrogens (tertiary/aromatic N) is 2. The first-order valence-corrected chi connectivity index (χ1v) is 1.44. The zero-order chi connectivity index (χ0) is 5.86. The van der Waals surface area contributed by atoms with Crippen molar-refractivity contribution in [3.63, 3.8) is 0 Å². The quantitative estimate of drug-likeness (QED) is 0.303. The van der Waals surface area contributed by atoms with Gasteiger partial charge in [0.2, 0.25) is 5.91 Å². The maximum Gasteiger partial charge on any atom is 1.00 e. The van der Waals surface area contributed by atoms with Crippen molar-refractivity contribution in [1.29, 1.82) is 5.26 Å². The summed E-state index contributed by atoms with van der Waals surface area (Å²) in [6.07, 6.45) is 0. The number of hydrogen-bond donors (Lipinski definition) is 1. The molecule has 0 aliphatic rings. The van der Waals surface area contributed by atoms with Crippen LogP contribution in [0.3, 0.4) is 0 Å². The van der Waals surface area contributed by atoms with Crippen molar-refractivity contribution < 1.29 is 61.7 Å². The standard InChI is InChI=1S/C3H2N3O.K.H2O/c4-1-2(5)3(6)7;;/h(H2,6,7);;1H2/q-1;+1;/p-1. The molecule has 9 heavy (non-hydrogen) atoms. The minimum Gasteiger partial charge on any atom is -0.870 e. The van der Waals surface area contributed by atoms with Crippen molar-refractivity contribution in [3.8, 4) is 6.07 Å². The van der Waals surface area contributed by atoms with Crippen molar-refractivity contribution in [2.24, 2.45) is 5.73 Å². The van der Waals surface area contributed by atoms with Gasteiger partial charge in [0, 0.05) is 0 Å². The smallest absolute Gasteiger partial charge is 0.870 e. The van der Waals surface area contributed by atoms with Crippen LogP contribution in [0.2, 0.25) is 0 Å². The van der Waals surface area contributed by atoms with Gasteiger partial charge in [-0.15, -0.1) is 0 Å². The predicted octanol–water partition coefficient (Wildman–Crippen LogP) is -4.17. The van der Waals surface area contributed by atoms with E-state index < -0.39 is 11.6 Å². The van der Waals surface area contributed by atoms with Crippen LogP contribution in [0.4, 0.5) is 0 Å². The molecule has 0 heterocycles. The van der Waals surface area contributed by atoms with Gasteiger partial charge in [-0.3, -0.25) is 4.79 Å². The molecule has 0 aromatic heterocycles. The number of primary amides is 1. The molecule has 0 aromatic rings. The fraction of sp³-hybridized carbons (Fsp3) is 0. The van der Waals surface area contributed by atoms with Gasteiger partial charge in [0.25, 0.3) is 0 Å². The van der Waals surface area contributed by atoms with Gasteiger partial charge >= 0.3 is 51.4 Å². The third-order valence-electron chi connectivity index (χ3n) is 0.339. The number of nitrogens with two attached hydrogens (primary N) is 1. The predicted molar refractivity (Wildman–Crippen MR) is 25.1 cm³/mol. The molecule has 6 heteroatoms. The van der Waals surface area contributed by atoms with E-state index in [0.29, 0.717) is 0 Å². The van der Waals surface area contributed by atoms with Crippen LogP contribution in [0.1, 0.15) is 0 Å². The van der Waals surface area contributed by atoms with Crippen LogP contribution in [0, 0.1) is 11.3 Å². The first-order chi connectivity index (χ1) is 3.18. The Morgan fingerprint density at radius 1 is 1.67 bits per heavy atom. The minimum absolute atomic E-state index is 0. The third kappa shape index (κ3) is 8.23. The van der Waals surface area contributed by atoms with Crippen LogP contribution in [0.5, 0.6) is 0 Å². The number of amides is 1. The van der Waals surface area contributed by atoms with Gasteiger partial charge in [0.1, 0.15) is 0 Å². The molecule has 0 saturated heterocycles. The fourth-order valence-corrected chi connectivity index (χ4v) is 0.0551. The molecule has 0 aliphatic carbocycles. The first-order valence-electron chi connectivity index (χ1n) is 1.44. The maximum absolute atomic E-state index is 9.64. The van der Waals surface area contributed by atoms with Crippen LogP contribution in [-0.2, 0) is 4.79 Å². The summed E-state index contributed by atoms with van der Waals surface area (Å²) in [5.41, 5.74) is 3.44. The van der Waals surface area contributed by atoms with Gasteiger partial charge in [0.15, 0.2) is 0 Å². The molecule has 0 radical (unpaired) electrons. The van der Waals surface area contributed by atoms with Crippen molar-refractivity contribution in [2.45, 2.75) is 0 Å². The van der Waals surface area contributed by atoms with E-state index in [1.165, 1.54) is 0 Å². The molecule has 0 saturated carbocycles. The van der Waals surface area contributed by atoms with Crippen molar-refractivity contribution in [1.82, 2.24) is 0 Å². The Hall–Kier alpha value is 0.226. The maximum atomic E-state index is 9.64. The summed E-state index contributed by atoms with van der Waals surface area (Å²) in [5.74, 6) is -1.09. The number of nitriles is 1. The zero-order valence-corrected chi connectivity index (χ0v) is 7.95. The molecule has 0 bridgehead atoms. The van der Waals surface area contributed by atoms with Gasteiger partial charge in [-0.1, -0.05) is 0 Å². The summed E-state index contributed by atoms with van der Waals surface area (Å²) in [6, 6.07) is 1.16. The van der Waals surface area contributed by atoms with E-state index in [9.17, 15) is 4.79 Å². The number of rotatable bonds is 1. The van der Waals surface area contributed by atoms with Crippen LogP contribution in [-0.4, -0.2) is 17.1 Å². The van der Waals surface area contributed by atoms with Gasteiger partial charge in [-0.2, -0.15) is 5.26 Å². The summed E-state index contributed by atoms with van der Waals surface area (Å²) in [4.78, 5) is 9.64. The minimum atomic E-state index is -1.09. The van der Waals surface area contributed by atoms with Crippen molar-refractivity contribution in [3.05, 3.63) is 5.41 Å². The number of carbonyl (C=O) groups is 1. The normalized spacial score (nSPS) is 5.22. The van der Waals surface area contributed by atoms with Crippen LogP contribution >= 0.6 is 0 Å². The molecule has 0 atom stereocenters. The average Bonchev–Trinajstić information content (AvgIpc) is 1.65. The molecule has 0 rings (SSSR count). The number of carbonyl (C=O) groups excluding carboxylic acids is 1. The van der Waals surface area contributed by atoms with Crippen LogP contribution in [0.25, 0.3) is 5.41 Å². The Labute approximate surface area is 94.5 Å². The van der Waals surface area contributed by atoms with Gasteiger partial charge in [0.05, 0.1) is 6.07 Å². The Morgan fingerprint density at radius 3 is 2.00 bits per heavy atom. The molecule has 5 nitrogen and oxygen atoms in total. The number of hydrogen-bond acceptors (Lipinski definition) is 3. The van der Waals surface area contributed by atoms with E-state index in [4.69, 9.17) is 10.7 Å². The van der Waals surface area contributed by atoms with E-state index >= 15 is 0 Å². The molecule has 0 aromatic carbocycles. The SMILES string of the molecule is N#CC(=[N-])C(N)=O.[K+].[OH-]. The van der Waals surface area contributed by atoms with E-state index in [0.717, 1.165) is 6.07 Å². The monoisotopic (exact) mass is 152 g/mol. The summed E-state index contributed by atoms with van der Waals surface area (Å²) in [7, 11) is 0. The summed E-state index contributed by atoms with van der Waals surface area (Å²) >= 11 is 0. The Balaban J connectivity index is -0.000000180. The van der Waals surface area contributed by atoms with Crippen molar-refractivity contribution >= 4 is 11.6 Å². The zero-order valence-electron chi connectivity index (χ0n) is 4.83. The van der Waals surface area contributed by atoms with Gasteiger partial charge in [-0.05, 0) is 5.71 Å². The topological polar surface area (TPSA) is 119 Å². The first kappa shape index (κ1) is 16.1. The molecule has 0 aliphatic heterocycles. The van der Waals surface area contributed by atoms with Crippen LogP contribution < -0.4 is 57.1 Å². The molecular formula is C3H3KN3O2-. The van der Waals surface area contributed by atoms with Gasteiger partial charge in [-0.25, -0.2) is 0 Å². The van der Waals surface area contributed by atoms with E-state index in [2.05, 4.69) is 5.73 Å². The Bertz CT molecular complexity index is 150. The summed E-state index contributed by atoms with van der Waals surface area (Å²) in [6.45, 7) is 0. The van der Waals surface area contributed by atoms with E-state index in [-0.39, 0.29) is 56.9 Å². The second kappa shape index (κ2) is 8.23. The molecule has 3 N–H and O–H groups in total. The third-order valence-corrected chi connectivity index (χ3v) is 0.339.